The number of unbranched alkanes of at least 4 members (excludes halogenated alkanes) is 9. The van der Waals surface area contributed by atoms with E-state index in [1.807, 2.05) is 0 Å². The van der Waals surface area contributed by atoms with Crippen LogP contribution in [0.4, 0.5) is 0 Å². The Kier molecular flexibility index (Phi) is 20.5. The molecule has 1 nitrogen and oxygen atoms in total. The third-order valence-electron chi connectivity index (χ3n) is 9.71. The Hall–Kier alpha value is -0.265. The van der Waals surface area contributed by atoms with E-state index in [0.29, 0.717) is 11.6 Å². The highest BCUT2D eigenvalue weighted by molar-refractivity contribution is 6.38. The first-order chi connectivity index (χ1) is 17.5. The molecule has 5 unspecified atom stereocenters. The van der Waals surface area contributed by atoms with Gasteiger partial charge in [-0.25, -0.2) is 0 Å². The first-order valence-electron chi connectivity index (χ1n) is 17.1. The molecule has 220 valence electrons. The van der Waals surface area contributed by atoms with Crippen LogP contribution in [-0.4, -0.2) is 13.1 Å². The summed E-state index contributed by atoms with van der Waals surface area (Å²) in [6.07, 6.45) is 23.6. The number of ketones is 1. The summed E-state index contributed by atoms with van der Waals surface area (Å²) < 4.78 is 0. The fourth-order valence-corrected chi connectivity index (χ4v) is 7.23. The third kappa shape index (κ3) is 14.1. The van der Waals surface area contributed by atoms with Crippen molar-refractivity contribution in [3.05, 3.63) is 0 Å². The average Bonchev–Trinajstić information content (AvgIpc) is 2.83. The van der Waals surface area contributed by atoms with Crippen LogP contribution < -0.4 is 0 Å². The lowest BCUT2D eigenvalue weighted by Gasteiger charge is -2.43. The minimum absolute atomic E-state index is 0.0437. The SMILES string of the molecule is CCBC(CC(C)C(CCCCCCC)CCCCCCCC)C(C)(CCC)C(=O)C(CC)C(C)(C)C. The number of carbonyl (C=O) groups is 1. The van der Waals surface area contributed by atoms with Gasteiger partial charge in [-0.1, -0.05) is 178 Å². The lowest BCUT2D eigenvalue weighted by Crippen LogP contribution is -2.43. The van der Waals surface area contributed by atoms with Crippen molar-refractivity contribution in [1.82, 2.24) is 0 Å². The first kappa shape index (κ1) is 36.7. The highest BCUT2D eigenvalue weighted by Crippen LogP contribution is 2.48. The molecule has 2 heteroatoms. The summed E-state index contributed by atoms with van der Waals surface area (Å²) in [5.41, 5.74) is -0.138. The smallest absolute Gasteiger partial charge is 0.141 e. The van der Waals surface area contributed by atoms with Crippen molar-refractivity contribution in [2.45, 2.75) is 191 Å². The molecule has 0 saturated carbocycles. The van der Waals surface area contributed by atoms with Gasteiger partial charge in [0.1, 0.15) is 13.1 Å². The van der Waals surface area contributed by atoms with Crippen molar-refractivity contribution in [3.8, 4) is 0 Å². The standard InChI is InChI=1S/C35H71BO/c1-11-16-18-20-22-24-26-30(25-23-21-19-17-12-2)29(6)28-32(36-15-5)35(10,27-13-3)33(37)31(14-4)34(7,8)9/h29-32,36H,11-28H2,1-10H3. The summed E-state index contributed by atoms with van der Waals surface area (Å²) in [7, 11) is 1.20. The van der Waals surface area contributed by atoms with Crippen molar-refractivity contribution >= 4 is 13.1 Å². The van der Waals surface area contributed by atoms with E-state index in [9.17, 15) is 4.79 Å². The number of hydrogen-bond donors (Lipinski definition) is 0. The van der Waals surface area contributed by atoms with Crippen LogP contribution in [-0.2, 0) is 4.79 Å². The van der Waals surface area contributed by atoms with Gasteiger partial charge < -0.3 is 0 Å². The molecule has 5 atom stereocenters. The molecular formula is C35H71BO. The zero-order chi connectivity index (χ0) is 28.3. The van der Waals surface area contributed by atoms with Crippen molar-refractivity contribution < 1.29 is 4.79 Å². The minimum atomic E-state index is -0.182. The van der Waals surface area contributed by atoms with Gasteiger partial charge in [0, 0.05) is 11.3 Å². The van der Waals surface area contributed by atoms with Crippen LogP contribution in [0, 0.1) is 28.6 Å². The molecule has 0 spiro atoms. The monoisotopic (exact) mass is 519 g/mol. The molecule has 0 aliphatic rings. The Morgan fingerprint density at radius 3 is 1.59 bits per heavy atom. The molecule has 0 saturated heterocycles. The summed E-state index contributed by atoms with van der Waals surface area (Å²) in [4.78, 5) is 14.3. The summed E-state index contributed by atoms with van der Waals surface area (Å²) in [6, 6.07) is 0. The van der Waals surface area contributed by atoms with E-state index in [4.69, 9.17) is 0 Å². The number of hydrogen-bond acceptors (Lipinski definition) is 1. The lowest BCUT2D eigenvalue weighted by atomic mass is 9.46. The predicted octanol–water partition coefficient (Wildman–Crippen LogP) is 11.9. The van der Waals surface area contributed by atoms with E-state index in [1.165, 1.54) is 103 Å². The van der Waals surface area contributed by atoms with E-state index in [2.05, 4.69) is 69.2 Å². The second kappa shape index (κ2) is 20.6. The van der Waals surface area contributed by atoms with Gasteiger partial charge in [-0.15, -0.1) is 0 Å². The van der Waals surface area contributed by atoms with Crippen LogP contribution in [0.25, 0.3) is 0 Å². The first-order valence-corrected chi connectivity index (χ1v) is 17.1. The van der Waals surface area contributed by atoms with Crippen molar-refractivity contribution in [2.75, 3.05) is 0 Å². The van der Waals surface area contributed by atoms with Crippen molar-refractivity contribution in [1.29, 1.82) is 0 Å². The maximum absolute atomic E-state index is 14.3. The van der Waals surface area contributed by atoms with Crippen molar-refractivity contribution in [3.63, 3.8) is 0 Å². The van der Waals surface area contributed by atoms with E-state index in [1.54, 1.807) is 0 Å². The number of Topliss-reactive ketones (excluding diaryl/α,β-unsaturated/α-hetero) is 1. The number of rotatable bonds is 24. The van der Waals surface area contributed by atoms with Gasteiger partial charge in [0.25, 0.3) is 0 Å². The van der Waals surface area contributed by atoms with Gasteiger partial charge in [0.05, 0.1) is 0 Å². The number of carbonyl (C=O) groups excluding carboxylic acids is 1. The summed E-state index contributed by atoms with van der Waals surface area (Å²) in [6.45, 7) is 23.2. The Labute approximate surface area is 236 Å². The molecule has 0 rings (SSSR count). The highest BCUT2D eigenvalue weighted by Gasteiger charge is 2.45. The van der Waals surface area contributed by atoms with Gasteiger partial charge in [-0.3, -0.25) is 4.79 Å². The molecular weight excluding hydrogens is 447 g/mol. The fourth-order valence-electron chi connectivity index (χ4n) is 7.23. The molecule has 37 heavy (non-hydrogen) atoms. The summed E-state index contributed by atoms with van der Waals surface area (Å²) >= 11 is 0. The Balaban J connectivity index is 5.63. The second-order valence-corrected chi connectivity index (χ2v) is 14.1. The summed E-state index contributed by atoms with van der Waals surface area (Å²) in [5, 5.41) is 0. The molecule has 0 aromatic rings. The molecule has 0 amide bonds. The van der Waals surface area contributed by atoms with Crippen LogP contribution in [0.2, 0.25) is 12.1 Å². The molecule has 0 aliphatic carbocycles. The lowest BCUT2D eigenvalue weighted by molar-refractivity contribution is -0.136. The van der Waals surface area contributed by atoms with Gasteiger partial charge in [-0.05, 0) is 30.1 Å². The van der Waals surface area contributed by atoms with Crippen LogP contribution in [0.3, 0.4) is 0 Å². The van der Waals surface area contributed by atoms with Crippen LogP contribution in [0.1, 0.15) is 178 Å². The average molecular weight is 519 g/mol. The van der Waals surface area contributed by atoms with E-state index in [0.717, 1.165) is 31.1 Å². The van der Waals surface area contributed by atoms with E-state index < -0.39 is 0 Å². The maximum Gasteiger partial charge on any atom is 0.141 e. The van der Waals surface area contributed by atoms with Gasteiger partial charge in [0.15, 0.2) is 0 Å². The zero-order valence-corrected chi connectivity index (χ0v) is 27.7. The molecule has 0 N–H and O–H groups in total. The maximum atomic E-state index is 14.3. The Morgan fingerprint density at radius 1 is 0.703 bits per heavy atom. The normalized spacial score (nSPS) is 17.1. The molecule has 0 radical (unpaired) electrons. The Morgan fingerprint density at radius 2 is 1.19 bits per heavy atom. The summed E-state index contributed by atoms with van der Waals surface area (Å²) in [5.74, 6) is 2.80. The molecule has 0 bridgehead atoms. The van der Waals surface area contributed by atoms with Gasteiger partial charge in [-0.2, -0.15) is 0 Å². The second-order valence-electron chi connectivity index (χ2n) is 14.1. The minimum Gasteiger partial charge on any atom is -0.299 e. The van der Waals surface area contributed by atoms with Crippen molar-refractivity contribution in [2.24, 2.45) is 28.6 Å². The highest BCUT2D eigenvalue weighted by atomic mass is 16.1. The molecule has 0 aromatic heterocycles. The molecule has 0 fully saturated rings. The molecule has 0 aromatic carbocycles. The Bertz CT molecular complexity index is 550. The molecule has 0 heterocycles. The van der Waals surface area contributed by atoms with Gasteiger partial charge >= 0.3 is 0 Å². The van der Waals surface area contributed by atoms with E-state index in [-0.39, 0.29) is 16.7 Å². The van der Waals surface area contributed by atoms with Crippen LogP contribution >= 0.6 is 0 Å². The quantitative estimate of drug-likeness (QED) is 0.0917. The molecule has 0 aliphatic heterocycles. The predicted molar refractivity (Wildman–Crippen MR) is 171 cm³/mol. The fraction of sp³-hybridized carbons (Fsp3) is 0.971. The topological polar surface area (TPSA) is 17.1 Å². The van der Waals surface area contributed by atoms with Crippen LogP contribution in [0.5, 0.6) is 0 Å². The van der Waals surface area contributed by atoms with Crippen LogP contribution in [0.15, 0.2) is 0 Å². The third-order valence-corrected chi connectivity index (χ3v) is 9.71. The van der Waals surface area contributed by atoms with Gasteiger partial charge in [0.2, 0.25) is 0 Å². The van der Waals surface area contributed by atoms with E-state index >= 15 is 0 Å². The largest absolute Gasteiger partial charge is 0.299 e. The zero-order valence-electron chi connectivity index (χ0n) is 27.7.